The molecule has 1 amide bonds. The van der Waals surface area contributed by atoms with E-state index in [2.05, 4.69) is 23.9 Å². The summed E-state index contributed by atoms with van der Waals surface area (Å²) >= 11 is 0. The molecule has 0 aromatic carbocycles. The lowest BCUT2D eigenvalue weighted by molar-refractivity contribution is -0.132. The molecular formula is C6H11NO3. The molecule has 4 heteroatoms. The number of hydrogen-bond donors (Lipinski definition) is 1. The number of amides is 1. The smallest absolute Gasteiger partial charge is 0.375 e. The van der Waals surface area contributed by atoms with Crippen molar-refractivity contribution in [2.75, 3.05) is 6.54 Å². The van der Waals surface area contributed by atoms with Gasteiger partial charge in [0.15, 0.2) is 0 Å². The van der Waals surface area contributed by atoms with Crippen molar-refractivity contribution in [1.82, 2.24) is 5.32 Å². The molecule has 4 nitrogen and oxygen atoms in total. The van der Waals surface area contributed by atoms with Crippen LogP contribution in [0.3, 0.4) is 0 Å². The third-order valence-electron chi connectivity index (χ3n) is 0.584. The van der Waals surface area contributed by atoms with Crippen LogP contribution >= 0.6 is 0 Å². The number of hydrogen-bond acceptors (Lipinski definition) is 3. The van der Waals surface area contributed by atoms with Gasteiger partial charge in [-0.15, -0.1) is 0 Å². The third kappa shape index (κ3) is 3.88. The van der Waals surface area contributed by atoms with Crippen LogP contribution < -0.4 is 5.32 Å². The highest BCUT2D eigenvalue weighted by molar-refractivity contribution is 5.92. The zero-order valence-electron chi connectivity index (χ0n) is 6.14. The van der Waals surface area contributed by atoms with Crippen molar-refractivity contribution in [3.05, 3.63) is 0 Å². The fourth-order valence-electron chi connectivity index (χ4n) is 0.320. The van der Waals surface area contributed by atoms with Gasteiger partial charge in [-0.2, -0.15) is 0 Å². The summed E-state index contributed by atoms with van der Waals surface area (Å²) in [7, 11) is 0. The predicted octanol–water partition coefficient (Wildman–Crippen LogP) is 0.669. The molecule has 0 aromatic heterocycles. The molecule has 1 heterocycles. The maximum atomic E-state index is 9.95. The monoisotopic (exact) mass is 145 g/mol. The number of cyclic esters (lactones) is 2. The van der Waals surface area contributed by atoms with Crippen LogP contribution in [0.1, 0.15) is 20.3 Å². The van der Waals surface area contributed by atoms with E-state index in [-0.39, 0.29) is 6.54 Å². The van der Waals surface area contributed by atoms with Gasteiger partial charge < -0.3 is 10.1 Å². The zero-order valence-corrected chi connectivity index (χ0v) is 6.14. The second kappa shape index (κ2) is 4.78. The molecule has 58 valence electrons. The van der Waals surface area contributed by atoms with Crippen LogP contribution in [0.15, 0.2) is 0 Å². The minimum absolute atomic E-state index is 0.0127. The van der Waals surface area contributed by atoms with Crippen LogP contribution in [-0.4, -0.2) is 18.6 Å². The van der Waals surface area contributed by atoms with E-state index in [0.717, 1.165) is 0 Å². The summed E-state index contributed by atoms with van der Waals surface area (Å²) in [4.78, 5) is 19.8. The molecule has 0 unspecified atom stereocenters. The lowest BCUT2D eigenvalue weighted by Crippen LogP contribution is -2.12. The zero-order chi connectivity index (χ0) is 7.98. The first kappa shape index (κ1) is 8.94. The molecule has 10 heavy (non-hydrogen) atoms. The van der Waals surface area contributed by atoms with E-state index in [9.17, 15) is 9.59 Å². The molecule has 1 fully saturated rings. The number of carbonyl (C=O) groups is 2. The molecule has 0 bridgehead atoms. The van der Waals surface area contributed by atoms with Crippen LogP contribution in [0.2, 0.25) is 0 Å². The normalized spacial score (nSPS) is 15.0. The summed E-state index contributed by atoms with van der Waals surface area (Å²) in [5.74, 6) is -0.509. The van der Waals surface area contributed by atoms with E-state index in [4.69, 9.17) is 0 Å². The number of rotatable bonds is 0. The Bertz CT molecular complexity index is 119. The Hall–Kier alpha value is -1.06. The van der Waals surface area contributed by atoms with Crippen LogP contribution in [-0.2, 0) is 9.53 Å². The van der Waals surface area contributed by atoms with Crippen LogP contribution in [0.25, 0.3) is 0 Å². The Labute approximate surface area is 59.6 Å². The fourth-order valence-corrected chi connectivity index (χ4v) is 0.320. The molecule has 1 aliphatic rings. The highest BCUT2D eigenvalue weighted by atomic mass is 16.6. The van der Waals surface area contributed by atoms with Gasteiger partial charge in [0.2, 0.25) is 0 Å². The summed E-state index contributed by atoms with van der Waals surface area (Å²) in [6, 6.07) is 0. The van der Waals surface area contributed by atoms with Gasteiger partial charge in [0.25, 0.3) is 0 Å². The van der Waals surface area contributed by atoms with E-state index in [1.807, 2.05) is 0 Å². The molecule has 0 aliphatic carbocycles. The highest BCUT2D eigenvalue weighted by Gasteiger charge is 2.17. The lowest BCUT2D eigenvalue weighted by Gasteiger charge is -1.78. The number of alkyl carbamates (subject to hydrolysis) is 1. The van der Waals surface area contributed by atoms with Crippen molar-refractivity contribution in [3.63, 3.8) is 0 Å². The Morgan fingerprint density at radius 3 is 2.10 bits per heavy atom. The van der Waals surface area contributed by atoms with Crippen molar-refractivity contribution >= 4 is 12.1 Å². The third-order valence-corrected chi connectivity index (χ3v) is 0.584. The van der Waals surface area contributed by atoms with Crippen molar-refractivity contribution in [3.8, 4) is 0 Å². The van der Waals surface area contributed by atoms with Crippen molar-refractivity contribution in [1.29, 1.82) is 0 Å². The SMILES string of the molecule is CCC.O=C1CNC(=O)O1. The van der Waals surface area contributed by atoms with Gasteiger partial charge in [-0.05, 0) is 0 Å². The molecule has 1 saturated heterocycles. The topological polar surface area (TPSA) is 55.4 Å². The van der Waals surface area contributed by atoms with Crippen molar-refractivity contribution in [2.24, 2.45) is 0 Å². The second-order valence-corrected chi connectivity index (χ2v) is 1.82. The highest BCUT2D eigenvalue weighted by Crippen LogP contribution is 1.85. The second-order valence-electron chi connectivity index (χ2n) is 1.82. The van der Waals surface area contributed by atoms with E-state index in [1.54, 1.807) is 0 Å². The minimum atomic E-state index is -0.648. The van der Waals surface area contributed by atoms with Gasteiger partial charge in [-0.25, -0.2) is 9.59 Å². The molecule has 1 N–H and O–H groups in total. The van der Waals surface area contributed by atoms with Crippen LogP contribution in [0.4, 0.5) is 4.79 Å². The first-order valence-electron chi connectivity index (χ1n) is 3.19. The van der Waals surface area contributed by atoms with Gasteiger partial charge in [0, 0.05) is 0 Å². The summed E-state index contributed by atoms with van der Waals surface area (Å²) < 4.78 is 3.97. The molecule has 1 rings (SSSR count). The summed E-state index contributed by atoms with van der Waals surface area (Å²) in [6.07, 6.45) is 0.602. The number of nitrogens with one attached hydrogen (secondary N) is 1. The van der Waals surface area contributed by atoms with Gasteiger partial charge >= 0.3 is 12.1 Å². The Kier molecular flexibility index (Phi) is 4.28. The molecule has 0 radical (unpaired) electrons. The van der Waals surface area contributed by atoms with Gasteiger partial charge in [-0.3, -0.25) is 0 Å². The molecule has 0 saturated carbocycles. The standard InChI is InChI=1S/C3H3NO3.C3H8/c5-2-1-4-3(6)7-2;1-3-2/h1H2,(H,4,6);3H2,1-2H3. The lowest BCUT2D eigenvalue weighted by atomic mass is 10.6. The number of carbonyl (C=O) groups excluding carboxylic acids is 2. The first-order chi connectivity index (χ1) is 4.70. The van der Waals surface area contributed by atoms with Gasteiger partial charge in [-0.1, -0.05) is 20.3 Å². The average Bonchev–Trinajstić information content (AvgIpc) is 2.17. The number of esters is 1. The minimum Gasteiger partial charge on any atom is -0.375 e. The predicted molar refractivity (Wildman–Crippen MR) is 35.5 cm³/mol. The summed E-state index contributed by atoms with van der Waals surface area (Å²) in [5, 5.41) is 2.16. The summed E-state index contributed by atoms with van der Waals surface area (Å²) in [5.41, 5.74) is 0. The van der Waals surface area contributed by atoms with Gasteiger partial charge in [0.1, 0.15) is 6.54 Å². The Morgan fingerprint density at radius 1 is 1.50 bits per heavy atom. The molecule has 1 aliphatic heterocycles. The first-order valence-corrected chi connectivity index (χ1v) is 3.19. The van der Waals surface area contributed by atoms with Gasteiger partial charge in [0.05, 0.1) is 0 Å². The van der Waals surface area contributed by atoms with Crippen LogP contribution in [0, 0.1) is 0 Å². The Balaban J connectivity index is 0.000000236. The molecule has 0 aromatic rings. The molecule has 0 atom stereocenters. The van der Waals surface area contributed by atoms with E-state index < -0.39 is 12.1 Å². The fraction of sp³-hybridized carbons (Fsp3) is 0.667. The van der Waals surface area contributed by atoms with Crippen molar-refractivity contribution in [2.45, 2.75) is 20.3 Å². The molecular weight excluding hydrogens is 134 g/mol. The van der Waals surface area contributed by atoms with Crippen LogP contribution in [0.5, 0.6) is 0 Å². The summed E-state index contributed by atoms with van der Waals surface area (Å²) in [6.45, 7) is 4.26. The van der Waals surface area contributed by atoms with Crippen molar-refractivity contribution < 1.29 is 14.3 Å². The van der Waals surface area contributed by atoms with E-state index >= 15 is 0 Å². The molecule has 0 spiro atoms. The van der Waals surface area contributed by atoms with E-state index in [1.165, 1.54) is 6.42 Å². The maximum Gasteiger partial charge on any atom is 0.415 e. The maximum absolute atomic E-state index is 9.95. The Morgan fingerprint density at radius 2 is 2.00 bits per heavy atom. The number of ether oxygens (including phenoxy) is 1. The quantitative estimate of drug-likeness (QED) is 0.402. The largest absolute Gasteiger partial charge is 0.415 e. The average molecular weight is 145 g/mol. The van der Waals surface area contributed by atoms with E-state index in [0.29, 0.717) is 0 Å².